The number of hydrogen-bond donors (Lipinski definition) is 0. The number of amides is 1. The molecular formula is C13H13BrFNO. The maximum absolute atomic E-state index is 13.0. The van der Waals surface area contributed by atoms with E-state index in [0.717, 1.165) is 12.8 Å². The van der Waals surface area contributed by atoms with Crippen LogP contribution in [0, 0.1) is 5.82 Å². The van der Waals surface area contributed by atoms with Gasteiger partial charge in [0.2, 0.25) is 0 Å². The molecule has 0 N–H and O–H groups in total. The maximum atomic E-state index is 13.0. The normalized spacial score (nSPS) is 14.5. The van der Waals surface area contributed by atoms with Crippen molar-refractivity contribution in [3.05, 3.63) is 46.7 Å². The molecule has 1 aliphatic rings. The lowest BCUT2D eigenvalue weighted by molar-refractivity contribution is 0.0761. The fraction of sp³-hybridized carbons (Fsp3) is 0.308. The molecule has 1 saturated carbocycles. The summed E-state index contributed by atoms with van der Waals surface area (Å²) in [7, 11) is 0. The molecule has 1 aromatic carbocycles. The van der Waals surface area contributed by atoms with E-state index in [4.69, 9.17) is 0 Å². The quantitative estimate of drug-likeness (QED) is 0.780. The molecule has 1 fully saturated rings. The molecule has 0 atom stereocenters. The summed E-state index contributed by atoms with van der Waals surface area (Å²) in [6.07, 6.45) is 3.80. The van der Waals surface area contributed by atoms with Gasteiger partial charge in [0, 0.05) is 17.1 Å². The molecule has 0 aromatic heterocycles. The first-order chi connectivity index (χ1) is 8.13. The minimum Gasteiger partial charge on any atom is -0.332 e. The Balaban J connectivity index is 2.24. The van der Waals surface area contributed by atoms with Gasteiger partial charge in [-0.1, -0.05) is 6.08 Å². The van der Waals surface area contributed by atoms with Crippen LogP contribution in [0.2, 0.25) is 0 Å². The highest BCUT2D eigenvalue weighted by molar-refractivity contribution is 9.10. The van der Waals surface area contributed by atoms with Gasteiger partial charge in [-0.3, -0.25) is 4.79 Å². The third-order valence-electron chi connectivity index (χ3n) is 2.74. The topological polar surface area (TPSA) is 20.3 Å². The first-order valence-corrected chi connectivity index (χ1v) is 6.29. The van der Waals surface area contributed by atoms with Crippen molar-refractivity contribution in [3.63, 3.8) is 0 Å². The Kier molecular flexibility index (Phi) is 3.62. The lowest BCUT2D eigenvalue weighted by atomic mass is 10.2. The number of rotatable bonds is 4. The van der Waals surface area contributed by atoms with E-state index >= 15 is 0 Å². The molecule has 1 aliphatic carbocycles. The molecule has 90 valence electrons. The van der Waals surface area contributed by atoms with Crippen molar-refractivity contribution in [2.24, 2.45) is 0 Å². The molecule has 0 radical (unpaired) electrons. The highest BCUT2D eigenvalue weighted by Gasteiger charge is 2.32. The van der Waals surface area contributed by atoms with Gasteiger partial charge < -0.3 is 4.90 Å². The predicted molar refractivity (Wildman–Crippen MR) is 68.4 cm³/mol. The van der Waals surface area contributed by atoms with Crippen molar-refractivity contribution in [3.8, 4) is 0 Å². The van der Waals surface area contributed by atoms with Crippen LogP contribution in [0.5, 0.6) is 0 Å². The van der Waals surface area contributed by atoms with Gasteiger partial charge in [-0.15, -0.1) is 6.58 Å². The fourth-order valence-corrected chi connectivity index (χ4v) is 2.26. The molecule has 0 spiro atoms. The Bertz CT molecular complexity index is 457. The summed E-state index contributed by atoms with van der Waals surface area (Å²) in [5.41, 5.74) is 0.500. The average molecular weight is 298 g/mol. The lowest BCUT2D eigenvalue weighted by Crippen LogP contribution is -2.33. The number of benzene rings is 1. The minimum absolute atomic E-state index is 0.0701. The highest BCUT2D eigenvalue weighted by Crippen LogP contribution is 2.29. The number of hydrogen-bond acceptors (Lipinski definition) is 1. The van der Waals surface area contributed by atoms with E-state index in [9.17, 15) is 9.18 Å². The van der Waals surface area contributed by atoms with Gasteiger partial charge in [0.25, 0.3) is 5.91 Å². The van der Waals surface area contributed by atoms with Crippen molar-refractivity contribution >= 4 is 21.8 Å². The average Bonchev–Trinajstić information content (AvgIpc) is 3.09. The Morgan fingerprint density at radius 2 is 2.29 bits per heavy atom. The largest absolute Gasteiger partial charge is 0.332 e. The van der Waals surface area contributed by atoms with Crippen LogP contribution in [0.15, 0.2) is 35.3 Å². The number of nitrogens with zero attached hydrogens (tertiary/aromatic N) is 1. The maximum Gasteiger partial charge on any atom is 0.255 e. The Labute approximate surface area is 108 Å². The summed E-state index contributed by atoms with van der Waals surface area (Å²) in [4.78, 5) is 14.1. The van der Waals surface area contributed by atoms with E-state index in [-0.39, 0.29) is 11.7 Å². The van der Waals surface area contributed by atoms with Gasteiger partial charge >= 0.3 is 0 Å². The van der Waals surface area contributed by atoms with Crippen LogP contribution < -0.4 is 0 Å². The summed E-state index contributed by atoms with van der Waals surface area (Å²) in [6.45, 7) is 4.19. The minimum atomic E-state index is -0.352. The van der Waals surface area contributed by atoms with E-state index in [0.29, 0.717) is 22.6 Å². The summed E-state index contributed by atoms with van der Waals surface area (Å²) >= 11 is 3.22. The fourth-order valence-electron chi connectivity index (χ4n) is 1.74. The van der Waals surface area contributed by atoms with Gasteiger partial charge in [0.05, 0.1) is 5.56 Å². The molecule has 0 bridgehead atoms. The van der Waals surface area contributed by atoms with Crippen molar-refractivity contribution in [2.45, 2.75) is 18.9 Å². The van der Waals surface area contributed by atoms with Crippen LogP contribution in [-0.2, 0) is 0 Å². The first-order valence-electron chi connectivity index (χ1n) is 5.50. The summed E-state index contributed by atoms with van der Waals surface area (Å²) in [5.74, 6) is -0.422. The zero-order valence-corrected chi connectivity index (χ0v) is 10.9. The molecule has 0 aliphatic heterocycles. The molecule has 1 amide bonds. The second-order valence-corrected chi connectivity index (χ2v) is 4.96. The van der Waals surface area contributed by atoms with E-state index < -0.39 is 0 Å². The van der Waals surface area contributed by atoms with Crippen LogP contribution in [0.3, 0.4) is 0 Å². The summed E-state index contributed by atoms with van der Waals surface area (Å²) < 4.78 is 13.5. The van der Waals surface area contributed by atoms with Gasteiger partial charge in [-0.2, -0.15) is 0 Å². The molecule has 2 nitrogen and oxygen atoms in total. The number of halogens is 2. The lowest BCUT2D eigenvalue weighted by Gasteiger charge is -2.21. The zero-order chi connectivity index (χ0) is 12.4. The predicted octanol–water partition coefficient (Wildman–Crippen LogP) is 3.38. The van der Waals surface area contributed by atoms with Gasteiger partial charge in [0.1, 0.15) is 5.82 Å². The second-order valence-electron chi connectivity index (χ2n) is 4.10. The third-order valence-corrected chi connectivity index (χ3v) is 3.39. The molecule has 0 heterocycles. The second kappa shape index (κ2) is 5.00. The molecule has 2 rings (SSSR count). The molecular weight excluding hydrogens is 285 g/mol. The smallest absolute Gasteiger partial charge is 0.255 e. The Morgan fingerprint density at radius 1 is 1.59 bits per heavy atom. The van der Waals surface area contributed by atoms with Crippen LogP contribution in [0.1, 0.15) is 23.2 Å². The monoisotopic (exact) mass is 297 g/mol. The van der Waals surface area contributed by atoms with Gasteiger partial charge in [0.15, 0.2) is 0 Å². The number of carbonyl (C=O) groups is 1. The molecule has 1 aromatic rings. The van der Waals surface area contributed by atoms with Gasteiger partial charge in [-0.25, -0.2) is 4.39 Å². The van der Waals surface area contributed by atoms with Crippen molar-refractivity contribution in [2.75, 3.05) is 6.54 Å². The van der Waals surface area contributed by atoms with Crippen molar-refractivity contribution in [1.29, 1.82) is 0 Å². The van der Waals surface area contributed by atoms with E-state index in [1.807, 2.05) is 0 Å². The molecule has 0 saturated heterocycles. The zero-order valence-electron chi connectivity index (χ0n) is 9.33. The third kappa shape index (κ3) is 2.75. The van der Waals surface area contributed by atoms with Gasteiger partial charge in [-0.05, 0) is 47.0 Å². The molecule has 17 heavy (non-hydrogen) atoms. The van der Waals surface area contributed by atoms with E-state index in [2.05, 4.69) is 22.5 Å². The standard InChI is InChI=1S/C13H13BrFNO/c1-2-7-16(10-4-5-10)13(17)11-6-3-9(15)8-12(11)14/h2-3,6,8,10H,1,4-5,7H2. The van der Waals surface area contributed by atoms with E-state index in [1.165, 1.54) is 18.2 Å². The van der Waals surface area contributed by atoms with Crippen LogP contribution >= 0.6 is 15.9 Å². The Morgan fingerprint density at radius 3 is 2.82 bits per heavy atom. The summed E-state index contributed by atoms with van der Waals surface area (Å²) in [6, 6.07) is 4.45. The van der Waals surface area contributed by atoms with Crippen LogP contribution in [-0.4, -0.2) is 23.4 Å². The SMILES string of the molecule is C=CCN(C(=O)c1ccc(F)cc1Br)C1CC1. The highest BCUT2D eigenvalue weighted by atomic mass is 79.9. The van der Waals surface area contributed by atoms with Crippen LogP contribution in [0.4, 0.5) is 4.39 Å². The number of carbonyl (C=O) groups excluding carboxylic acids is 1. The van der Waals surface area contributed by atoms with Crippen LogP contribution in [0.25, 0.3) is 0 Å². The van der Waals surface area contributed by atoms with Crippen molar-refractivity contribution in [1.82, 2.24) is 4.90 Å². The summed E-state index contributed by atoms with van der Waals surface area (Å²) in [5, 5.41) is 0. The van der Waals surface area contributed by atoms with Crippen molar-refractivity contribution < 1.29 is 9.18 Å². The molecule has 0 unspecified atom stereocenters. The Hall–Kier alpha value is -1.16. The van der Waals surface area contributed by atoms with E-state index in [1.54, 1.807) is 11.0 Å². The molecule has 4 heteroatoms. The first kappa shape index (κ1) is 12.3.